The lowest BCUT2D eigenvalue weighted by Gasteiger charge is -2.29. The van der Waals surface area contributed by atoms with Crippen LogP contribution in [0.15, 0.2) is 133 Å². The van der Waals surface area contributed by atoms with Crippen molar-refractivity contribution in [1.82, 2.24) is 24.5 Å². The van der Waals surface area contributed by atoms with Crippen LogP contribution in [0.2, 0.25) is 0 Å². The summed E-state index contributed by atoms with van der Waals surface area (Å²) in [5.41, 5.74) is 1.83. The number of carbonyl (C=O) groups excluding carboxylic acids is 5. The van der Waals surface area contributed by atoms with E-state index >= 15 is 0 Å². The Labute approximate surface area is 603 Å². The number of hydrogen-bond donors (Lipinski definition) is 3. The Kier molecular flexibility index (Phi) is 24.4. The summed E-state index contributed by atoms with van der Waals surface area (Å²) >= 11 is 2.89. The Morgan fingerprint density at radius 3 is 1.42 bits per heavy atom. The molecule has 101 heavy (non-hydrogen) atoms. The fraction of sp³-hybridized carbons (Fsp3) is 0.538. The third kappa shape index (κ3) is 18.1. The summed E-state index contributed by atoms with van der Waals surface area (Å²) in [5, 5.41) is 16.0. The van der Waals surface area contributed by atoms with Crippen molar-refractivity contribution in [3.8, 4) is 10.4 Å². The number of fused-ring (bicyclic) bond motifs is 6. The molecule has 0 spiro atoms. The minimum atomic E-state index is -3.87. The predicted octanol–water partition coefficient (Wildman–Crippen LogP) is 13.9. The number of aliphatic carboxylic acids is 1. The van der Waals surface area contributed by atoms with Gasteiger partial charge in [0.05, 0.1) is 65.9 Å². The zero-order valence-electron chi connectivity index (χ0n) is 56.6. The second-order valence-electron chi connectivity index (χ2n) is 29.3. The number of Topliss-reactive ketones (excluding diaryl/α,β-unsaturated/α-hetero) is 2. The van der Waals surface area contributed by atoms with Crippen LogP contribution in [0.3, 0.4) is 0 Å². The summed E-state index contributed by atoms with van der Waals surface area (Å²) in [6.07, 6.45) is 23.1. The average molecular weight is 1460 g/mol. The average Bonchev–Trinajstić information content (AvgIpc) is 1.55. The monoisotopic (exact) mass is 1460 g/mol. The van der Waals surface area contributed by atoms with E-state index in [9.17, 15) is 50.7 Å². The van der Waals surface area contributed by atoms with Crippen molar-refractivity contribution in [3.63, 3.8) is 0 Å². The largest absolute Gasteiger partial charge is 0.481 e. The number of hydrogen-bond acceptors (Lipinski definition) is 16. The lowest BCUT2D eigenvalue weighted by molar-refractivity contribution is -0.147. The van der Waals surface area contributed by atoms with Gasteiger partial charge in [0.1, 0.15) is 12.2 Å². The quantitative estimate of drug-likeness (QED) is 0.0806. The maximum absolute atomic E-state index is 14.5. The van der Waals surface area contributed by atoms with Gasteiger partial charge in [-0.15, -0.1) is 0 Å². The Bertz CT molecular complexity index is 4160. The van der Waals surface area contributed by atoms with E-state index in [1.807, 2.05) is 97.1 Å². The number of benzene rings is 4. The molecular formula is C78H100N6O13S4. The molecule has 6 fully saturated rings. The molecule has 8 aliphatic rings. The maximum Gasteiger partial charge on any atom is 0.310 e. The van der Waals surface area contributed by atoms with Crippen LogP contribution in [0.5, 0.6) is 10.4 Å². The van der Waals surface area contributed by atoms with Gasteiger partial charge in [0.15, 0.2) is 11.6 Å². The van der Waals surface area contributed by atoms with Gasteiger partial charge < -0.3 is 24.4 Å². The van der Waals surface area contributed by atoms with E-state index in [1.165, 1.54) is 33.8 Å². The summed E-state index contributed by atoms with van der Waals surface area (Å²) in [6, 6.07) is 34.5. The normalized spacial score (nSPS) is 28.4. The van der Waals surface area contributed by atoms with Crippen molar-refractivity contribution in [2.45, 2.75) is 217 Å². The lowest BCUT2D eigenvalue weighted by atomic mass is 9.90. The van der Waals surface area contributed by atoms with Crippen molar-refractivity contribution >= 4 is 98.4 Å². The number of nitrogens with zero attached hydrogens (tertiary/aromatic N) is 4. The van der Waals surface area contributed by atoms with Gasteiger partial charge in [0, 0.05) is 37.5 Å². The number of allylic oxidation sites excluding steroid dienone is 4. The Hall–Kier alpha value is -7.18. The van der Waals surface area contributed by atoms with Crippen LogP contribution >= 0.6 is 22.7 Å². The number of carbonyl (C=O) groups is 6. The summed E-state index contributed by atoms with van der Waals surface area (Å²) in [4.78, 5) is 95.9. The first kappa shape index (κ1) is 76.5. The first-order valence-corrected chi connectivity index (χ1v) is 40.1. The number of ketones is 2. The van der Waals surface area contributed by atoms with Crippen LogP contribution in [-0.4, -0.2) is 124 Å². The fourth-order valence-corrected chi connectivity index (χ4v) is 18.5. The Morgan fingerprint density at radius 1 is 0.584 bits per heavy atom. The van der Waals surface area contributed by atoms with E-state index in [1.54, 1.807) is 23.6 Å². The molecule has 0 unspecified atom stereocenters. The molecule has 4 aromatic carbocycles. The molecule has 10 atom stereocenters. The van der Waals surface area contributed by atoms with Crippen LogP contribution in [0.1, 0.15) is 181 Å². The molecule has 23 heteroatoms. The number of ether oxygens (including phenoxy) is 2. The third-order valence-electron chi connectivity index (χ3n) is 22.0. The SMILES string of the molecule is C.C.CC1(S(=O)(=O)NC(=O)[C@]23CC(=O)[C@@H]4C[C@@H](Oc5nc6ccccc6s5)CN4C(=O)[C@@H](CCc4ccccc4)CCCCC/C=C\[C@@H]2C3)CC1.CC1(S(N)(=O)=O)CC1.O=C1C[C@]2(C(=O)O)C[C@H]2/C=C\CCCCC[C@H](CCc2ccccc2)C(=O)N2C[C@H](Oc3nc4ccccc4s3)C[C@@H]12. The number of rotatable bonds is 15. The van der Waals surface area contributed by atoms with Crippen molar-refractivity contribution in [1.29, 1.82) is 0 Å². The van der Waals surface area contributed by atoms with Gasteiger partial charge in [-0.3, -0.25) is 33.5 Å². The fourth-order valence-electron chi connectivity index (χ4n) is 14.7. The second kappa shape index (κ2) is 32.2. The molecule has 3 amide bonds. The molecule has 2 aromatic heterocycles. The first-order chi connectivity index (χ1) is 47.4. The van der Waals surface area contributed by atoms with Crippen molar-refractivity contribution in [3.05, 3.63) is 145 Å². The molecule has 4 N–H and O–H groups in total. The molecule has 0 bridgehead atoms. The molecule has 6 aromatic rings. The van der Waals surface area contributed by atoms with Gasteiger partial charge >= 0.3 is 5.97 Å². The number of aryl methyl sites for hydroxylation is 2. The Morgan fingerprint density at radius 2 is 1.00 bits per heavy atom. The summed E-state index contributed by atoms with van der Waals surface area (Å²) in [5.74, 6) is -2.81. The van der Waals surface area contributed by atoms with Crippen LogP contribution in [0, 0.1) is 34.5 Å². The van der Waals surface area contributed by atoms with Crippen LogP contribution in [0.25, 0.3) is 20.4 Å². The van der Waals surface area contributed by atoms with E-state index in [0.717, 1.165) is 110 Å². The highest BCUT2D eigenvalue weighted by molar-refractivity contribution is 7.91. The third-order valence-corrected chi connectivity index (χ3v) is 27.8. The molecule has 2 saturated heterocycles. The van der Waals surface area contributed by atoms with E-state index in [4.69, 9.17) is 14.6 Å². The molecule has 14 rings (SSSR count). The molecule has 4 aliphatic carbocycles. The zero-order chi connectivity index (χ0) is 69.7. The van der Waals surface area contributed by atoms with Crippen LogP contribution in [0.4, 0.5) is 0 Å². The van der Waals surface area contributed by atoms with Gasteiger partial charge in [-0.1, -0.05) is 172 Å². The molecule has 6 heterocycles. The van der Waals surface area contributed by atoms with E-state index in [-0.39, 0.29) is 87.4 Å². The highest BCUT2D eigenvalue weighted by atomic mass is 32.2. The number of para-hydroxylation sites is 2. The molecule has 19 nitrogen and oxygen atoms in total. The summed E-state index contributed by atoms with van der Waals surface area (Å²) in [6.45, 7) is 3.87. The summed E-state index contributed by atoms with van der Waals surface area (Å²) < 4.78 is 62.8. The van der Waals surface area contributed by atoms with Gasteiger partial charge in [0.25, 0.3) is 10.4 Å². The number of aromatic nitrogens is 2. The van der Waals surface area contributed by atoms with Crippen LogP contribution < -0.4 is 19.3 Å². The van der Waals surface area contributed by atoms with E-state index in [0.29, 0.717) is 68.3 Å². The highest BCUT2D eigenvalue weighted by Crippen LogP contribution is 2.59. The van der Waals surface area contributed by atoms with Crippen LogP contribution in [-0.2, 0) is 61.7 Å². The topological polar surface area (TPSA) is 280 Å². The molecule has 4 aliphatic heterocycles. The molecule has 0 radical (unpaired) electrons. The van der Waals surface area contributed by atoms with Gasteiger partial charge in [-0.2, -0.15) is 0 Å². The number of sulfonamides is 2. The smallest absolute Gasteiger partial charge is 0.310 e. The van der Waals surface area contributed by atoms with E-state index < -0.39 is 70.4 Å². The van der Waals surface area contributed by atoms with Crippen molar-refractivity contribution in [2.75, 3.05) is 13.1 Å². The standard InChI is InChI=1S/C38H45N3O6S2.C34H38N2O5S.C4H9NO2S.2CH4/c1-37(20-21-37)49(45,46)40-35(44)38-23-28(38)15-9-4-2-3-8-14-27(19-18-26-12-6-5-7-13-26)34(43)41-25-29(22-31(41)32(42)24-38)47-36-39-30-16-10-11-17-33(30)48-36;37-29-21-34(32(39)40)20-25(34)14-8-3-1-2-7-13-24(18-17-23-11-5-4-6-12-23)31(38)36-22-26(19-28(29)36)41-33-35-27-15-9-10-16-30(27)42-33;1-4(2-3-4)8(5,6)7;;/h5-7,9-13,15-17,27-29,31H,2-4,8,14,18-25H2,1H3,(H,40,44);4-6,8-12,14-16,24-26,28H,1-3,7,13,17-22H2,(H,39,40);2-3H2,1H3,(H2,5,6,7);2*1H4/b15-9-;14-8-;;;/t27-,28-,29-,31+,38-;24-,25-,26-,28+,34-;;;/m11.../s1. The summed E-state index contributed by atoms with van der Waals surface area (Å²) in [7, 11) is -7.10. The number of nitrogens with two attached hydrogens (primary N) is 1. The minimum Gasteiger partial charge on any atom is -0.481 e. The highest BCUT2D eigenvalue weighted by Gasteiger charge is 2.64. The van der Waals surface area contributed by atoms with Gasteiger partial charge in [0.2, 0.25) is 37.8 Å². The maximum atomic E-state index is 14.5. The number of carboxylic acids is 1. The van der Waals surface area contributed by atoms with Gasteiger partial charge in [-0.25, -0.2) is 31.9 Å². The zero-order valence-corrected chi connectivity index (χ0v) is 59.8. The number of nitrogens with one attached hydrogen (secondary N) is 1. The lowest BCUT2D eigenvalue weighted by Crippen LogP contribution is -2.47. The predicted molar refractivity (Wildman–Crippen MR) is 396 cm³/mol. The minimum absolute atomic E-state index is 0. The van der Waals surface area contributed by atoms with Crippen molar-refractivity contribution in [2.24, 2.45) is 39.6 Å². The Balaban J connectivity index is 0.000000194. The van der Waals surface area contributed by atoms with Gasteiger partial charge in [-0.05, 0) is 164 Å². The number of carboxylic acid groups (broad SMARTS) is 1. The first-order valence-electron chi connectivity index (χ1n) is 35.4. The van der Waals surface area contributed by atoms with E-state index in [2.05, 4.69) is 51.1 Å². The second-order valence-corrected chi connectivity index (χ2v) is 35.6. The van der Waals surface area contributed by atoms with Crippen molar-refractivity contribution < 1.29 is 60.2 Å². The molecule has 4 saturated carbocycles. The number of amides is 3. The molecular weight excluding hydrogens is 1360 g/mol. The molecule has 544 valence electrons. The number of thiazole rings is 2. The number of primary sulfonamides is 1.